The van der Waals surface area contributed by atoms with Gasteiger partial charge in [0, 0.05) is 23.0 Å². The van der Waals surface area contributed by atoms with E-state index < -0.39 is 12.7 Å². The molecule has 0 fully saturated rings. The molecule has 0 unspecified atom stereocenters. The van der Waals surface area contributed by atoms with Gasteiger partial charge in [0.1, 0.15) is 0 Å². The Bertz CT molecular complexity index is 194. The summed E-state index contributed by atoms with van der Waals surface area (Å²) in [5, 5.41) is 3.31. The second-order valence-electron chi connectivity index (χ2n) is 3.76. The van der Waals surface area contributed by atoms with Crippen LogP contribution >= 0.6 is 0 Å². The molecule has 0 aliphatic carbocycles. The van der Waals surface area contributed by atoms with Gasteiger partial charge in [0.15, 0.2) is 0 Å². The molecule has 0 saturated carbocycles. The predicted molar refractivity (Wildman–Crippen MR) is 47.1 cm³/mol. The molecule has 14 heavy (non-hydrogen) atoms. The molecule has 6 heteroatoms. The Morgan fingerprint density at radius 1 is 1.21 bits per heavy atom. The van der Waals surface area contributed by atoms with Crippen molar-refractivity contribution in [2.45, 2.75) is 39.4 Å². The third kappa shape index (κ3) is 11.8. The summed E-state index contributed by atoms with van der Waals surface area (Å²) in [6.07, 6.45) is -4.24. The fraction of sp³-hybridized carbons (Fsp3) is 0.875. The van der Waals surface area contributed by atoms with E-state index in [-0.39, 0.29) is 27.9 Å². The molecule has 0 aromatic rings. The molecular formula is C8H14F3N2Ni-. The summed E-state index contributed by atoms with van der Waals surface area (Å²) in [5.74, 6) is 0.185. The molecule has 0 heterocycles. The molecule has 88 valence electrons. The Hall–Kier alpha value is -0.246. The smallest absolute Gasteiger partial charge is 0.388 e. The Morgan fingerprint density at radius 2 is 1.64 bits per heavy atom. The Morgan fingerprint density at radius 3 is 1.93 bits per heavy atom. The van der Waals surface area contributed by atoms with Gasteiger partial charge in [-0.2, -0.15) is 13.2 Å². The Kier molecular flexibility index (Phi) is 6.47. The van der Waals surface area contributed by atoms with Crippen LogP contribution in [0.2, 0.25) is 0 Å². The van der Waals surface area contributed by atoms with Gasteiger partial charge < -0.3 is 10.3 Å². The molecule has 0 aliphatic rings. The normalized spacial score (nSPS) is 13.5. The van der Waals surface area contributed by atoms with E-state index in [4.69, 9.17) is 0 Å². The van der Waals surface area contributed by atoms with Crippen LogP contribution in [-0.2, 0) is 16.5 Å². The van der Waals surface area contributed by atoms with E-state index in [1.54, 1.807) is 20.8 Å². The zero-order valence-electron chi connectivity index (χ0n) is 8.55. The number of rotatable bonds is 1. The summed E-state index contributed by atoms with van der Waals surface area (Å²) in [6, 6.07) is 0. The van der Waals surface area contributed by atoms with Gasteiger partial charge in [0.2, 0.25) is 0 Å². The van der Waals surface area contributed by atoms with Gasteiger partial charge in [-0.1, -0.05) is 26.6 Å². The van der Waals surface area contributed by atoms with E-state index in [1.807, 2.05) is 0 Å². The van der Waals surface area contributed by atoms with Gasteiger partial charge in [-0.25, -0.2) is 0 Å². The number of halogens is 3. The second-order valence-corrected chi connectivity index (χ2v) is 3.76. The molecule has 0 aromatic carbocycles. The monoisotopic (exact) mass is 253 g/mol. The minimum absolute atomic E-state index is 0. The molecule has 2 nitrogen and oxygen atoms in total. The number of amidine groups is 1. The van der Waals surface area contributed by atoms with Gasteiger partial charge in [0.05, 0.1) is 0 Å². The average molecular weight is 254 g/mol. The van der Waals surface area contributed by atoms with Gasteiger partial charge in [0.25, 0.3) is 0 Å². The minimum atomic E-state index is -4.24. The Labute approximate surface area is 92.3 Å². The zero-order chi connectivity index (χ0) is 10.7. The van der Waals surface area contributed by atoms with Gasteiger partial charge in [-0.05, 0) is 12.5 Å². The fourth-order valence-electron chi connectivity index (χ4n) is 0.725. The molecule has 0 spiro atoms. The maximum Gasteiger partial charge on any atom is 0.388 e. The summed E-state index contributed by atoms with van der Waals surface area (Å²) in [5.41, 5.74) is -0.376. The van der Waals surface area contributed by atoms with Crippen molar-refractivity contribution in [3.8, 4) is 0 Å². The summed E-state index contributed by atoms with van der Waals surface area (Å²) in [4.78, 5) is 3.96. The third-order valence-corrected chi connectivity index (χ3v) is 0.984. The first-order valence-electron chi connectivity index (χ1n) is 3.91. The zero-order valence-corrected chi connectivity index (χ0v) is 9.54. The van der Waals surface area contributed by atoms with Crippen molar-refractivity contribution in [1.82, 2.24) is 0 Å². The van der Waals surface area contributed by atoms with Crippen LogP contribution in [0.15, 0.2) is 4.99 Å². The second kappa shape index (κ2) is 5.59. The molecule has 0 bridgehead atoms. The van der Waals surface area contributed by atoms with Crippen LogP contribution in [0.5, 0.6) is 0 Å². The van der Waals surface area contributed by atoms with Crippen molar-refractivity contribution in [1.29, 1.82) is 0 Å². The van der Waals surface area contributed by atoms with Crippen LogP contribution in [0.3, 0.4) is 0 Å². The summed E-state index contributed by atoms with van der Waals surface area (Å²) in [6.45, 7) is 5.73. The van der Waals surface area contributed by atoms with Gasteiger partial charge in [-0.3, -0.25) is 0 Å². The largest absolute Gasteiger partial charge is 0.464 e. The van der Waals surface area contributed by atoms with E-state index in [2.05, 4.69) is 10.3 Å². The van der Waals surface area contributed by atoms with Crippen molar-refractivity contribution < 1.29 is 29.7 Å². The minimum Gasteiger partial charge on any atom is -0.464 e. The van der Waals surface area contributed by atoms with E-state index >= 15 is 0 Å². The predicted octanol–water partition coefficient (Wildman–Crippen LogP) is 3.14. The molecular weight excluding hydrogens is 240 g/mol. The van der Waals surface area contributed by atoms with Gasteiger partial charge in [-0.15, -0.1) is 0 Å². The molecule has 0 N–H and O–H groups in total. The molecule has 0 saturated heterocycles. The number of hydrogen-bond donors (Lipinski definition) is 0. The molecule has 0 aliphatic heterocycles. The fourth-order valence-corrected chi connectivity index (χ4v) is 0.725. The van der Waals surface area contributed by atoms with Crippen LogP contribution in [0, 0.1) is 0 Å². The first-order chi connectivity index (χ1) is 5.60. The van der Waals surface area contributed by atoms with Crippen LogP contribution in [-0.4, -0.2) is 24.1 Å². The van der Waals surface area contributed by atoms with E-state index in [1.165, 1.54) is 6.92 Å². The van der Waals surface area contributed by atoms with Gasteiger partial charge >= 0.3 is 6.18 Å². The van der Waals surface area contributed by atoms with Crippen LogP contribution in [0.25, 0.3) is 5.32 Å². The molecule has 0 rings (SSSR count). The first-order valence-corrected chi connectivity index (χ1v) is 3.91. The van der Waals surface area contributed by atoms with Crippen LogP contribution in [0.1, 0.15) is 27.7 Å². The molecule has 0 amide bonds. The summed E-state index contributed by atoms with van der Waals surface area (Å²) >= 11 is 0. The Balaban J connectivity index is 0. The van der Waals surface area contributed by atoms with Crippen molar-refractivity contribution in [2.24, 2.45) is 4.99 Å². The molecule has 0 radical (unpaired) electrons. The number of aliphatic imine (C=N–C) groups is 1. The van der Waals surface area contributed by atoms with E-state index in [0.29, 0.717) is 0 Å². The topological polar surface area (TPSA) is 26.5 Å². The van der Waals surface area contributed by atoms with Crippen molar-refractivity contribution >= 4 is 5.84 Å². The quantitative estimate of drug-likeness (QED) is 0.390. The standard InChI is InChI=1S/C8H14F3N2.Ni/c1-6(13-7(2,3)4)12-5-8(9,10)11;/h5H2,1-4H3;/q-1;. The number of nitrogens with zero attached hydrogens (tertiary/aromatic N) is 2. The third-order valence-electron chi connectivity index (χ3n) is 0.984. The first kappa shape index (κ1) is 16.2. The van der Waals surface area contributed by atoms with Crippen LogP contribution in [0.4, 0.5) is 13.2 Å². The van der Waals surface area contributed by atoms with Crippen molar-refractivity contribution in [3.05, 3.63) is 5.32 Å². The summed E-state index contributed by atoms with van der Waals surface area (Å²) in [7, 11) is 0. The van der Waals surface area contributed by atoms with Crippen molar-refractivity contribution in [2.75, 3.05) is 6.54 Å². The molecule has 0 aromatic heterocycles. The van der Waals surface area contributed by atoms with E-state index in [0.717, 1.165) is 0 Å². The maximum atomic E-state index is 11.7. The molecule has 0 atom stereocenters. The average Bonchev–Trinajstić information content (AvgIpc) is 1.78. The SMILES string of the molecule is CC(=NC(C)(C)C)[N-]CC(F)(F)F.[Ni]. The van der Waals surface area contributed by atoms with Crippen molar-refractivity contribution in [3.63, 3.8) is 0 Å². The number of hydrogen-bond acceptors (Lipinski definition) is 1. The van der Waals surface area contributed by atoms with Crippen LogP contribution < -0.4 is 0 Å². The van der Waals surface area contributed by atoms with E-state index in [9.17, 15) is 13.2 Å². The number of alkyl halides is 3. The summed E-state index contributed by atoms with van der Waals surface area (Å²) < 4.78 is 35.1. The maximum absolute atomic E-state index is 11.7.